The Morgan fingerprint density at radius 1 is 0.960 bits per heavy atom. The normalized spacial score (nSPS) is 38.5. The predicted molar refractivity (Wildman–Crippen MR) is 167 cm³/mol. The highest BCUT2D eigenvalue weighted by Crippen LogP contribution is 2.38. The van der Waals surface area contributed by atoms with E-state index < -0.39 is 99.0 Å². The van der Waals surface area contributed by atoms with Gasteiger partial charge in [-0.15, -0.1) is 5.10 Å². The maximum atomic E-state index is 11.6. The molecule has 4 aliphatic rings. The summed E-state index contributed by atoms with van der Waals surface area (Å²) in [5.41, 5.74) is 0.645. The number of hydrogen-bond acceptors (Lipinski definition) is 18. The van der Waals surface area contributed by atoms with Gasteiger partial charge in [0.2, 0.25) is 5.91 Å². The number of ether oxygens (including phenoxy) is 6. The lowest BCUT2D eigenvalue weighted by Crippen LogP contribution is -2.71. The summed E-state index contributed by atoms with van der Waals surface area (Å²) in [4.78, 5) is 22.9. The van der Waals surface area contributed by atoms with Gasteiger partial charge in [-0.3, -0.25) is 9.48 Å². The van der Waals surface area contributed by atoms with Gasteiger partial charge >= 0.3 is 0 Å². The first-order valence-corrected chi connectivity index (χ1v) is 16.8. The van der Waals surface area contributed by atoms with Crippen LogP contribution in [-0.2, 0) is 46.3 Å². The second-order valence-corrected chi connectivity index (χ2v) is 12.7. The molecule has 1 aromatic heterocycles. The monoisotopic (exact) mass is 716 g/mol. The molecule has 0 saturated carbocycles. The zero-order chi connectivity index (χ0) is 35.8. The molecule has 4 aliphatic heterocycles. The number of fused-ring (bicyclic) bond motifs is 2. The molecule has 5 heterocycles. The fourth-order valence-corrected chi connectivity index (χ4v) is 6.48. The van der Waals surface area contributed by atoms with Crippen LogP contribution in [-0.4, -0.2) is 170 Å². The summed E-state index contributed by atoms with van der Waals surface area (Å²) in [5.74, 6) is -0.285. The van der Waals surface area contributed by atoms with Crippen LogP contribution >= 0.6 is 0 Å². The van der Waals surface area contributed by atoms with Gasteiger partial charge in [-0.2, -0.15) is 4.91 Å². The molecule has 50 heavy (non-hydrogen) atoms. The molecule has 5 rings (SSSR count). The van der Waals surface area contributed by atoms with Crippen LogP contribution in [0.2, 0.25) is 0 Å². The topological polar surface area (TPSA) is 278 Å². The summed E-state index contributed by atoms with van der Waals surface area (Å²) in [6.45, 7) is 3.84. The molecule has 8 N–H and O–H groups in total. The Morgan fingerprint density at radius 3 is 2.48 bits per heavy atom. The van der Waals surface area contributed by atoms with E-state index in [9.17, 15) is 40.3 Å². The molecule has 0 bridgehead atoms. The van der Waals surface area contributed by atoms with E-state index in [-0.39, 0.29) is 25.6 Å². The van der Waals surface area contributed by atoms with Gasteiger partial charge in [0.15, 0.2) is 12.6 Å². The lowest BCUT2D eigenvalue weighted by molar-refractivity contribution is -0.401. The molecule has 14 unspecified atom stereocenters. The summed E-state index contributed by atoms with van der Waals surface area (Å²) >= 11 is 0. The van der Waals surface area contributed by atoms with Gasteiger partial charge in [0, 0.05) is 13.1 Å². The number of aliphatic hydroxyl groups is 6. The summed E-state index contributed by atoms with van der Waals surface area (Å²) < 4.78 is 37.2. The molecule has 0 aromatic carbocycles. The Kier molecular flexibility index (Phi) is 14.1. The van der Waals surface area contributed by atoms with E-state index in [1.54, 1.807) is 10.9 Å². The highest BCUT2D eigenvalue weighted by atomic mass is 16.8. The molecule has 14 atom stereocenters. The highest BCUT2D eigenvalue weighted by molar-refractivity contribution is 5.86. The van der Waals surface area contributed by atoms with Gasteiger partial charge in [0.1, 0.15) is 78.9 Å². The first kappa shape index (κ1) is 38.7. The molecule has 1 amide bonds. The number of nitroso groups, excluding NO2 is 1. The highest BCUT2D eigenvalue weighted by Gasteiger charge is 2.58. The number of carbonyl (C=O) groups is 1. The molecular formula is C30H48N6O14. The number of aliphatic hydroxyl groups excluding tert-OH is 6. The minimum absolute atomic E-state index is 0.121. The predicted octanol–water partition coefficient (Wildman–Crippen LogP) is -3.82. The van der Waals surface area contributed by atoms with Gasteiger partial charge in [-0.25, -0.2) is 0 Å². The van der Waals surface area contributed by atoms with E-state index in [1.165, 1.54) is 6.08 Å². The first-order chi connectivity index (χ1) is 24.2. The number of amides is 1. The molecule has 4 saturated heterocycles. The van der Waals surface area contributed by atoms with Crippen molar-refractivity contribution in [2.45, 2.75) is 125 Å². The Balaban J connectivity index is 1.15. The smallest absolute Gasteiger partial charge is 0.243 e. The zero-order valence-electron chi connectivity index (χ0n) is 27.5. The van der Waals surface area contributed by atoms with Crippen molar-refractivity contribution < 1.29 is 63.9 Å². The molecule has 20 nitrogen and oxygen atoms in total. The number of rotatable bonds is 17. The van der Waals surface area contributed by atoms with Crippen LogP contribution in [0.25, 0.3) is 0 Å². The number of carbonyl (C=O) groups excluding carboxylic acids is 1. The third-order valence-electron chi connectivity index (χ3n) is 9.28. The molecule has 1 aromatic rings. The Hall–Kier alpha value is -2.57. The second-order valence-electron chi connectivity index (χ2n) is 12.7. The Bertz CT molecular complexity index is 1240. The van der Waals surface area contributed by atoms with Crippen LogP contribution in [0.4, 0.5) is 0 Å². The molecular weight excluding hydrogens is 668 g/mol. The maximum Gasteiger partial charge on any atom is 0.243 e. The van der Waals surface area contributed by atoms with Gasteiger partial charge in [0.05, 0.1) is 32.6 Å². The summed E-state index contributed by atoms with van der Waals surface area (Å²) in [6, 6.07) is -0.981. The van der Waals surface area contributed by atoms with Crippen molar-refractivity contribution in [2.75, 3.05) is 32.9 Å². The molecule has 282 valence electrons. The molecule has 0 aliphatic carbocycles. The fourth-order valence-electron chi connectivity index (χ4n) is 6.48. The number of hydrogen-bond donors (Lipinski definition) is 8. The van der Waals surface area contributed by atoms with Crippen LogP contribution in [0.1, 0.15) is 31.4 Å². The van der Waals surface area contributed by atoms with E-state index in [2.05, 4.69) is 32.7 Å². The largest absolute Gasteiger partial charge is 0.394 e. The van der Waals surface area contributed by atoms with Crippen LogP contribution in [0.15, 0.2) is 24.0 Å². The third kappa shape index (κ3) is 9.07. The van der Waals surface area contributed by atoms with Crippen LogP contribution in [0, 0.1) is 4.91 Å². The quantitative estimate of drug-likeness (QED) is 0.0436. The van der Waals surface area contributed by atoms with Crippen molar-refractivity contribution in [1.29, 1.82) is 0 Å². The average Bonchev–Trinajstić information content (AvgIpc) is 3.59. The van der Waals surface area contributed by atoms with E-state index in [0.717, 1.165) is 25.7 Å². The number of aryl methyl sites for hydroxylation is 1. The van der Waals surface area contributed by atoms with Gasteiger partial charge < -0.3 is 69.7 Å². The Labute approximate surface area is 287 Å². The molecule has 0 spiro atoms. The number of aromatic nitrogens is 3. The zero-order valence-corrected chi connectivity index (χ0v) is 27.5. The SMILES string of the molecule is C=CC(=O)NCc1cn(CCCCCCNCC2OC3OC4C(CO)OCC(N=O)C4OC3C(O)C2OC2OC(CO)C(O)C(O)C2O)nn1. The maximum absolute atomic E-state index is 11.6. The fraction of sp³-hybridized carbons (Fsp3) is 0.833. The van der Waals surface area contributed by atoms with Crippen LogP contribution < -0.4 is 10.6 Å². The van der Waals surface area contributed by atoms with Crippen LogP contribution in [0.3, 0.4) is 0 Å². The minimum atomic E-state index is -1.73. The first-order valence-electron chi connectivity index (χ1n) is 16.8. The van der Waals surface area contributed by atoms with Crippen molar-refractivity contribution in [3.63, 3.8) is 0 Å². The summed E-state index contributed by atoms with van der Waals surface area (Å²) in [6.07, 6.45) is -10.1. The van der Waals surface area contributed by atoms with Crippen molar-refractivity contribution in [2.24, 2.45) is 5.18 Å². The van der Waals surface area contributed by atoms with E-state index in [1.807, 2.05) is 0 Å². The van der Waals surface area contributed by atoms with Gasteiger partial charge in [-0.1, -0.05) is 29.8 Å². The average molecular weight is 717 g/mol. The molecule has 20 heteroatoms. The number of nitrogens with one attached hydrogen (secondary N) is 2. The second kappa shape index (κ2) is 18.3. The van der Waals surface area contributed by atoms with E-state index >= 15 is 0 Å². The van der Waals surface area contributed by atoms with Crippen molar-refractivity contribution in [1.82, 2.24) is 25.6 Å². The van der Waals surface area contributed by atoms with Crippen LogP contribution in [0.5, 0.6) is 0 Å². The lowest BCUT2D eigenvalue weighted by atomic mass is 9.92. The summed E-state index contributed by atoms with van der Waals surface area (Å²) in [5, 5.41) is 79.3. The number of nitrogens with zero attached hydrogens (tertiary/aromatic N) is 4. The van der Waals surface area contributed by atoms with Crippen molar-refractivity contribution >= 4 is 5.91 Å². The molecule has 0 radical (unpaired) electrons. The standard InChI is InChI=1S/C30H48N6O14/c1-2-20(39)32-9-15-11-36(35-33-15)8-6-4-3-5-7-31-10-17-26(49-29-23(42)22(41)21(40)18(12-37)47-29)24(43)28-30(46-17)50-27-19(13-38)45-14-16(34-44)25(27)48-28/h2,11,16-19,21-31,37-38,40-43H,1,3-10,12-14H2,(H,32,39). The lowest BCUT2D eigenvalue weighted by Gasteiger charge is -2.53. The van der Waals surface area contributed by atoms with Crippen molar-refractivity contribution in [3.05, 3.63) is 29.5 Å². The molecule has 4 fully saturated rings. The Morgan fingerprint density at radius 2 is 1.74 bits per heavy atom. The van der Waals surface area contributed by atoms with Gasteiger partial charge in [-0.05, 0) is 25.5 Å². The van der Waals surface area contributed by atoms with E-state index in [0.29, 0.717) is 18.8 Å². The summed E-state index contributed by atoms with van der Waals surface area (Å²) in [7, 11) is 0. The minimum Gasteiger partial charge on any atom is -0.394 e. The van der Waals surface area contributed by atoms with E-state index in [4.69, 9.17) is 28.4 Å². The van der Waals surface area contributed by atoms with Crippen molar-refractivity contribution in [3.8, 4) is 0 Å². The number of unbranched alkanes of at least 4 members (excludes halogenated alkanes) is 3. The third-order valence-corrected chi connectivity index (χ3v) is 9.28. The van der Waals surface area contributed by atoms with Gasteiger partial charge in [0.25, 0.3) is 0 Å².